The number of rotatable bonds is 6. The Morgan fingerprint density at radius 1 is 1.24 bits per heavy atom. The van der Waals surface area contributed by atoms with Crippen molar-refractivity contribution in [3.8, 4) is 11.4 Å². The lowest BCUT2D eigenvalue weighted by Crippen LogP contribution is -2.19. The van der Waals surface area contributed by atoms with Gasteiger partial charge < -0.3 is 5.32 Å². The topological polar surface area (TPSA) is 81.0 Å². The number of non-ortho nitro benzene ring substituents is 1. The van der Waals surface area contributed by atoms with Gasteiger partial charge in [0.25, 0.3) is 5.69 Å². The lowest BCUT2D eigenvalue weighted by molar-refractivity contribution is -0.384. The molecule has 0 amide bonds. The van der Waals surface area contributed by atoms with Crippen LogP contribution in [0.25, 0.3) is 11.4 Å². The summed E-state index contributed by atoms with van der Waals surface area (Å²) < 4.78 is 0. The van der Waals surface area contributed by atoms with E-state index in [0.29, 0.717) is 18.3 Å². The molecule has 1 N–H and O–H groups in total. The van der Waals surface area contributed by atoms with Crippen molar-refractivity contribution in [1.29, 1.82) is 0 Å². The number of nitrogens with one attached hydrogen (secondary N) is 1. The van der Waals surface area contributed by atoms with Crippen LogP contribution in [0, 0.1) is 16.0 Å². The minimum Gasteiger partial charge on any atom is -0.311 e. The second kappa shape index (κ2) is 6.90. The number of nitro groups is 1. The molecule has 110 valence electrons. The Kier molecular flexibility index (Phi) is 4.94. The molecule has 2 rings (SSSR count). The molecule has 0 aliphatic rings. The maximum Gasteiger partial charge on any atom is 0.269 e. The summed E-state index contributed by atoms with van der Waals surface area (Å²) in [6.07, 6.45) is 1.70. The Hall–Kier alpha value is -2.34. The van der Waals surface area contributed by atoms with Crippen LogP contribution in [0.15, 0.2) is 36.5 Å². The van der Waals surface area contributed by atoms with Crippen molar-refractivity contribution in [3.05, 3.63) is 52.3 Å². The fraction of sp³-hybridized carbons (Fsp3) is 0.333. The zero-order valence-corrected chi connectivity index (χ0v) is 12.1. The van der Waals surface area contributed by atoms with Crippen molar-refractivity contribution in [3.63, 3.8) is 0 Å². The largest absolute Gasteiger partial charge is 0.311 e. The number of benzene rings is 1. The average Bonchev–Trinajstić information content (AvgIpc) is 2.47. The van der Waals surface area contributed by atoms with Crippen LogP contribution in [0.3, 0.4) is 0 Å². The fourth-order valence-electron chi connectivity index (χ4n) is 1.85. The standard InChI is InChI=1S/C15H18N4O2/c1-11(2)9-16-10-13-7-8-17-15(18-13)12-3-5-14(6-4-12)19(20)21/h3-8,11,16H,9-10H2,1-2H3. The van der Waals surface area contributed by atoms with Crippen LogP contribution in [-0.4, -0.2) is 21.4 Å². The van der Waals surface area contributed by atoms with Crippen LogP contribution in [0.2, 0.25) is 0 Å². The second-order valence-electron chi connectivity index (χ2n) is 5.20. The Morgan fingerprint density at radius 2 is 1.95 bits per heavy atom. The third-order valence-corrected chi connectivity index (χ3v) is 2.91. The van der Waals surface area contributed by atoms with E-state index in [2.05, 4.69) is 29.1 Å². The summed E-state index contributed by atoms with van der Waals surface area (Å²) in [5, 5.41) is 14.0. The van der Waals surface area contributed by atoms with Gasteiger partial charge in [-0.25, -0.2) is 9.97 Å². The Morgan fingerprint density at radius 3 is 2.57 bits per heavy atom. The Labute approximate surface area is 123 Å². The maximum absolute atomic E-state index is 10.6. The molecule has 0 spiro atoms. The van der Waals surface area contributed by atoms with Gasteiger partial charge in [0.2, 0.25) is 0 Å². The highest BCUT2D eigenvalue weighted by Crippen LogP contribution is 2.19. The minimum atomic E-state index is -0.420. The molecule has 0 radical (unpaired) electrons. The van der Waals surface area contributed by atoms with Gasteiger partial charge in [0.15, 0.2) is 5.82 Å². The van der Waals surface area contributed by atoms with Crippen molar-refractivity contribution in [2.24, 2.45) is 5.92 Å². The summed E-state index contributed by atoms with van der Waals surface area (Å²) in [5.74, 6) is 1.16. The summed E-state index contributed by atoms with van der Waals surface area (Å²) in [6.45, 7) is 5.90. The van der Waals surface area contributed by atoms with Gasteiger partial charge in [0, 0.05) is 30.4 Å². The third kappa shape index (κ3) is 4.32. The van der Waals surface area contributed by atoms with Gasteiger partial charge in [-0.15, -0.1) is 0 Å². The Balaban J connectivity index is 2.11. The average molecular weight is 286 g/mol. The molecule has 0 atom stereocenters. The van der Waals surface area contributed by atoms with E-state index in [4.69, 9.17) is 0 Å². The van der Waals surface area contributed by atoms with Gasteiger partial charge in [0.05, 0.1) is 10.6 Å². The molecule has 1 heterocycles. The summed E-state index contributed by atoms with van der Waals surface area (Å²) in [5.41, 5.74) is 1.74. The van der Waals surface area contributed by atoms with E-state index in [0.717, 1.165) is 17.8 Å². The first-order valence-corrected chi connectivity index (χ1v) is 6.83. The molecule has 21 heavy (non-hydrogen) atoms. The number of nitro benzene ring substituents is 1. The van der Waals surface area contributed by atoms with E-state index in [1.807, 2.05) is 6.07 Å². The quantitative estimate of drug-likeness (QED) is 0.652. The lowest BCUT2D eigenvalue weighted by Gasteiger charge is -2.07. The number of aromatic nitrogens is 2. The molecule has 6 heteroatoms. The first-order valence-electron chi connectivity index (χ1n) is 6.83. The lowest BCUT2D eigenvalue weighted by atomic mass is 10.2. The molecule has 0 fully saturated rings. The van der Waals surface area contributed by atoms with Gasteiger partial charge in [0.1, 0.15) is 0 Å². The van der Waals surface area contributed by atoms with E-state index >= 15 is 0 Å². The highest BCUT2D eigenvalue weighted by Gasteiger charge is 2.07. The first-order chi connectivity index (χ1) is 10.1. The third-order valence-electron chi connectivity index (χ3n) is 2.91. The zero-order valence-electron chi connectivity index (χ0n) is 12.1. The molecule has 0 saturated heterocycles. The predicted molar refractivity (Wildman–Crippen MR) is 80.7 cm³/mol. The Bertz CT molecular complexity index is 611. The fourth-order valence-corrected chi connectivity index (χ4v) is 1.85. The van der Waals surface area contributed by atoms with Crippen LogP contribution in [0.5, 0.6) is 0 Å². The number of nitrogens with zero attached hydrogens (tertiary/aromatic N) is 3. The predicted octanol–water partition coefficient (Wildman–Crippen LogP) is 2.80. The van der Waals surface area contributed by atoms with Crippen molar-refractivity contribution < 1.29 is 4.92 Å². The summed E-state index contributed by atoms with van der Waals surface area (Å²) in [7, 11) is 0. The molecular formula is C15H18N4O2. The van der Waals surface area contributed by atoms with Crippen molar-refractivity contribution in [2.45, 2.75) is 20.4 Å². The van der Waals surface area contributed by atoms with Crippen LogP contribution in [0.4, 0.5) is 5.69 Å². The first kappa shape index (κ1) is 15.1. The SMILES string of the molecule is CC(C)CNCc1ccnc(-c2ccc([N+](=O)[O-])cc2)n1. The molecule has 1 aromatic heterocycles. The van der Waals surface area contributed by atoms with E-state index in [-0.39, 0.29) is 5.69 Å². The van der Waals surface area contributed by atoms with Crippen molar-refractivity contribution in [2.75, 3.05) is 6.54 Å². The maximum atomic E-state index is 10.6. The number of hydrogen-bond acceptors (Lipinski definition) is 5. The monoisotopic (exact) mass is 286 g/mol. The van der Waals surface area contributed by atoms with E-state index in [1.165, 1.54) is 12.1 Å². The summed E-state index contributed by atoms with van der Waals surface area (Å²) >= 11 is 0. The molecule has 0 saturated carbocycles. The smallest absolute Gasteiger partial charge is 0.269 e. The van der Waals surface area contributed by atoms with E-state index in [1.54, 1.807) is 18.3 Å². The van der Waals surface area contributed by atoms with Crippen LogP contribution >= 0.6 is 0 Å². The van der Waals surface area contributed by atoms with E-state index < -0.39 is 4.92 Å². The minimum absolute atomic E-state index is 0.0634. The van der Waals surface area contributed by atoms with E-state index in [9.17, 15) is 10.1 Å². The molecule has 1 aromatic carbocycles. The highest BCUT2D eigenvalue weighted by atomic mass is 16.6. The van der Waals surface area contributed by atoms with Gasteiger partial charge in [-0.3, -0.25) is 10.1 Å². The summed E-state index contributed by atoms with van der Waals surface area (Å²) in [4.78, 5) is 18.9. The molecule has 0 aliphatic carbocycles. The van der Waals surface area contributed by atoms with Crippen LogP contribution in [0.1, 0.15) is 19.5 Å². The van der Waals surface area contributed by atoms with Gasteiger partial charge >= 0.3 is 0 Å². The molecule has 6 nitrogen and oxygen atoms in total. The number of hydrogen-bond donors (Lipinski definition) is 1. The van der Waals surface area contributed by atoms with Crippen LogP contribution in [-0.2, 0) is 6.54 Å². The second-order valence-corrected chi connectivity index (χ2v) is 5.20. The summed E-state index contributed by atoms with van der Waals surface area (Å²) in [6, 6.07) is 8.12. The van der Waals surface area contributed by atoms with Crippen molar-refractivity contribution in [1.82, 2.24) is 15.3 Å². The van der Waals surface area contributed by atoms with Crippen molar-refractivity contribution >= 4 is 5.69 Å². The zero-order chi connectivity index (χ0) is 15.2. The molecular weight excluding hydrogens is 268 g/mol. The van der Waals surface area contributed by atoms with Crippen LogP contribution < -0.4 is 5.32 Å². The van der Waals surface area contributed by atoms with Gasteiger partial charge in [-0.05, 0) is 30.7 Å². The molecule has 0 unspecified atom stereocenters. The molecule has 0 bridgehead atoms. The highest BCUT2D eigenvalue weighted by molar-refractivity contribution is 5.57. The normalized spacial score (nSPS) is 10.8. The van der Waals surface area contributed by atoms with Gasteiger partial charge in [-0.2, -0.15) is 0 Å². The molecule has 2 aromatic rings. The van der Waals surface area contributed by atoms with Gasteiger partial charge in [-0.1, -0.05) is 13.8 Å². The molecule has 0 aliphatic heterocycles.